The van der Waals surface area contributed by atoms with Gasteiger partial charge in [0, 0.05) is 25.1 Å². The number of thiol groups is 1. The summed E-state index contributed by atoms with van der Waals surface area (Å²) in [7, 11) is 2.20. The van der Waals surface area contributed by atoms with Crippen LogP contribution in [0, 0.1) is 0 Å². The second kappa shape index (κ2) is 6.60. The lowest BCUT2D eigenvalue weighted by Gasteiger charge is -2.30. The lowest BCUT2D eigenvalue weighted by Crippen LogP contribution is -2.39. The van der Waals surface area contributed by atoms with Crippen molar-refractivity contribution in [3.8, 4) is 0 Å². The first-order chi connectivity index (χ1) is 8.72. The molecule has 0 N–H and O–H groups in total. The first-order valence-corrected chi connectivity index (χ1v) is 7.33. The Morgan fingerprint density at radius 1 is 1.39 bits per heavy atom. The second-order valence-electron chi connectivity index (χ2n) is 5.16. The molecule has 0 aromatic heterocycles. The van der Waals surface area contributed by atoms with Crippen molar-refractivity contribution in [1.29, 1.82) is 0 Å². The number of benzene rings is 1. The Bertz CT molecular complexity index is 357. The topological polar surface area (TPSA) is 12.5 Å². The van der Waals surface area contributed by atoms with Crippen LogP contribution in [0.4, 0.5) is 0 Å². The maximum atomic E-state index is 5.65. The summed E-state index contributed by atoms with van der Waals surface area (Å²) < 4.78 is 5.65. The number of likely N-dealkylation sites (N-methyl/N-ethyl adjacent to an activating group) is 1. The molecule has 18 heavy (non-hydrogen) atoms. The standard InChI is InChI=1S/C15H23NOS/c1-12-15(8-9-17-12)16(2)10-14(11-18)13-6-4-3-5-7-13/h3-7,12,14-15,18H,8-11H2,1-2H3. The van der Waals surface area contributed by atoms with Gasteiger partial charge in [0.05, 0.1) is 6.10 Å². The van der Waals surface area contributed by atoms with Crippen LogP contribution in [0.25, 0.3) is 0 Å². The first-order valence-electron chi connectivity index (χ1n) is 6.70. The average Bonchev–Trinajstić information content (AvgIpc) is 2.83. The molecule has 1 heterocycles. The van der Waals surface area contributed by atoms with E-state index in [2.05, 4.69) is 61.8 Å². The van der Waals surface area contributed by atoms with Crippen molar-refractivity contribution in [2.45, 2.75) is 31.4 Å². The Hall–Kier alpha value is -0.510. The van der Waals surface area contributed by atoms with E-state index >= 15 is 0 Å². The molecule has 1 aromatic carbocycles. The van der Waals surface area contributed by atoms with Gasteiger partial charge < -0.3 is 9.64 Å². The van der Waals surface area contributed by atoms with Gasteiger partial charge in [0.15, 0.2) is 0 Å². The van der Waals surface area contributed by atoms with Gasteiger partial charge in [-0.05, 0) is 31.7 Å². The molecule has 2 rings (SSSR count). The normalized spacial score (nSPS) is 25.6. The Kier molecular flexibility index (Phi) is 5.10. The number of rotatable bonds is 5. The predicted molar refractivity (Wildman–Crippen MR) is 79.5 cm³/mol. The molecule has 1 aromatic rings. The molecule has 1 aliphatic heterocycles. The monoisotopic (exact) mass is 265 g/mol. The largest absolute Gasteiger partial charge is 0.377 e. The van der Waals surface area contributed by atoms with E-state index in [1.165, 1.54) is 5.56 Å². The van der Waals surface area contributed by atoms with Gasteiger partial charge in [-0.3, -0.25) is 0 Å². The van der Waals surface area contributed by atoms with Gasteiger partial charge in [0.1, 0.15) is 0 Å². The van der Waals surface area contributed by atoms with Crippen LogP contribution in [0.1, 0.15) is 24.8 Å². The molecule has 0 spiro atoms. The van der Waals surface area contributed by atoms with Gasteiger partial charge in [0.2, 0.25) is 0 Å². The van der Waals surface area contributed by atoms with Crippen LogP contribution in [-0.2, 0) is 4.74 Å². The summed E-state index contributed by atoms with van der Waals surface area (Å²) in [5, 5.41) is 0. The van der Waals surface area contributed by atoms with Crippen molar-refractivity contribution < 1.29 is 4.74 Å². The van der Waals surface area contributed by atoms with Gasteiger partial charge in [0.25, 0.3) is 0 Å². The van der Waals surface area contributed by atoms with Crippen LogP contribution in [-0.4, -0.2) is 43.0 Å². The summed E-state index contributed by atoms with van der Waals surface area (Å²) in [6, 6.07) is 11.2. The Morgan fingerprint density at radius 2 is 2.11 bits per heavy atom. The number of hydrogen-bond acceptors (Lipinski definition) is 3. The zero-order valence-electron chi connectivity index (χ0n) is 11.2. The highest BCUT2D eigenvalue weighted by Gasteiger charge is 2.29. The zero-order chi connectivity index (χ0) is 13.0. The Morgan fingerprint density at radius 3 is 2.67 bits per heavy atom. The highest BCUT2D eigenvalue weighted by Crippen LogP contribution is 2.23. The third-order valence-electron chi connectivity index (χ3n) is 3.90. The van der Waals surface area contributed by atoms with Crippen LogP contribution in [0.15, 0.2) is 30.3 Å². The van der Waals surface area contributed by atoms with E-state index < -0.39 is 0 Å². The Labute approximate surface area is 116 Å². The zero-order valence-corrected chi connectivity index (χ0v) is 12.1. The van der Waals surface area contributed by atoms with Gasteiger partial charge >= 0.3 is 0 Å². The molecule has 1 fully saturated rings. The molecule has 0 amide bonds. The molecule has 0 saturated carbocycles. The fourth-order valence-electron chi connectivity index (χ4n) is 2.78. The van der Waals surface area contributed by atoms with E-state index in [4.69, 9.17) is 4.74 Å². The van der Waals surface area contributed by atoms with E-state index in [0.29, 0.717) is 18.1 Å². The van der Waals surface area contributed by atoms with E-state index in [1.807, 2.05) is 0 Å². The lowest BCUT2D eigenvalue weighted by atomic mass is 9.99. The van der Waals surface area contributed by atoms with Gasteiger partial charge in [-0.2, -0.15) is 12.6 Å². The third-order valence-corrected chi connectivity index (χ3v) is 4.34. The second-order valence-corrected chi connectivity index (χ2v) is 5.53. The molecule has 3 unspecified atom stereocenters. The van der Waals surface area contributed by atoms with Crippen LogP contribution in [0.2, 0.25) is 0 Å². The van der Waals surface area contributed by atoms with Crippen LogP contribution < -0.4 is 0 Å². The third kappa shape index (κ3) is 3.28. The molecule has 100 valence electrons. The number of nitrogens with zero attached hydrogens (tertiary/aromatic N) is 1. The molecule has 0 aliphatic carbocycles. The minimum absolute atomic E-state index is 0.353. The van der Waals surface area contributed by atoms with Crippen LogP contribution in [0.5, 0.6) is 0 Å². The molecule has 1 saturated heterocycles. The van der Waals surface area contributed by atoms with E-state index in [-0.39, 0.29) is 0 Å². The highest BCUT2D eigenvalue weighted by molar-refractivity contribution is 7.80. The van der Waals surface area contributed by atoms with Crippen molar-refractivity contribution in [1.82, 2.24) is 4.90 Å². The fraction of sp³-hybridized carbons (Fsp3) is 0.600. The number of ether oxygens (including phenoxy) is 1. The van der Waals surface area contributed by atoms with Crippen molar-refractivity contribution in [3.63, 3.8) is 0 Å². The SMILES string of the molecule is CC1OCCC1N(C)CC(CS)c1ccccc1. The average molecular weight is 265 g/mol. The molecular weight excluding hydrogens is 242 g/mol. The molecule has 2 nitrogen and oxygen atoms in total. The van der Waals surface area contributed by atoms with Gasteiger partial charge in [-0.25, -0.2) is 0 Å². The molecular formula is C15H23NOS. The van der Waals surface area contributed by atoms with Crippen molar-refractivity contribution in [2.75, 3.05) is 26.0 Å². The van der Waals surface area contributed by atoms with Crippen molar-refractivity contribution >= 4 is 12.6 Å². The summed E-state index contributed by atoms with van der Waals surface area (Å²) in [5.41, 5.74) is 1.38. The fourth-order valence-corrected chi connectivity index (χ4v) is 3.10. The Balaban J connectivity index is 1.98. The first kappa shape index (κ1) is 13.9. The minimum atomic E-state index is 0.353. The summed E-state index contributed by atoms with van der Waals surface area (Å²) in [6.07, 6.45) is 1.50. The highest BCUT2D eigenvalue weighted by atomic mass is 32.1. The maximum Gasteiger partial charge on any atom is 0.0702 e. The molecule has 3 atom stereocenters. The van der Waals surface area contributed by atoms with Gasteiger partial charge in [-0.15, -0.1) is 0 Å². The minimum Gasteiger partial charge on any atom is -0.377 e. The molecule has 0 bridgehead atoms. The van der Waals surface area contributed by atoms with Crippen LogP contribution >= 0.6 is 12.6 Å². The smallest absolute Gasteiger partial charge is 0.0702 e. The van der Waals surface area contributed by atoms with E-state index in [9.17, 15) is 0 Å². The summed E-state index contributed by atoms with van der Waals surface area (Å²) in [4.78, 5) is 2.44. The predicted octanol–water partition coefficient (Wildman–Crippen LogP) is 2.81. The van der Waals surface area contributed by atoms with E-state index in [1.54, 1.807) is 0 Å². The summed E-state index contributed by atoms with van der Waals surface area (Å²) >= 11 is 4.51. The number of hydrogen-bond donors (Lipinski definition) is 1. The van der Waals surface area contributed by atoms with Crippen molar-refractivity contribution in [2.24, 2.45) is 0 Å². The summed E-state index contributed by atoms with van der Waals surface area (Å²) in [6.45, 7) is 4.12. The van der Waals surface area contributed by atoms with Crippen LogP contribution in [0.3, 0.4) is 0 Å². The molecule has 3 heteroatoms. The summed E-state index contributed by atoms with van der Waals surface area (Å²) in [5.74, 6) is 1.38. The van der Waals surface area contributed by atoms with Crippen molar-refractivity contribution in [3.05, 3.63) is 35.9 Å². The van der Waals surface area contributed by atoms with E-state index in [0.717, 1.165) is 25.3 Å². The molecule has 1 aliphatic rings. The quantitative estimate of drug-likeness (QED) is 0.822. The maximum absolute atomic E-state index is 5.65. The lowest BCUT2D eigenvalue weighted by molar-refractivity contribution is 0.0823. The van der Waals surface area contributed by atoms with Gasteiger partial charge in [-0.1, -0.05) is 30.3 Å². The molecule has 0 radical (unpaired) electrons.